The Morgan fingerprint density at radius 2 is 1.67 bits per heavy atom. The molecule has 2 aromatic carbocycles. The maximum atomic E-state index is 11.4. The second-order valence-corrected chi connectivity index (χ2v) is 4.41. The van der Waals surface area contributed by atoms with Crippen molar-refractivity contribution in [3.05, 3.63) is 65.2 Å². The lowest BCUT2D eigenvalue weighted by Gasteiger charge is -2.02. The van der Waals surface area contributed by atoms with Crippen LogP contribution < -0.4 is 5.73 Å². The number of allylic oxidation sites excluding steroid dienone is 1. The number of nitrogens with zero attached hydrogens (tertiary/aromatic N) is 1. The van der Waals surface area contributed by atoms with Crippen LogP contribution in [-0.2, 0) is 4.74 Å². The molecule has 4 nitrogen and oxygen atoms in total. The van der Waals surface area contributed by atoms with E-state index in [9.17, 15) is 10.1 Å². The summed E-state index contributed by atoms with van der Waals surface area (Å²) >= 11 is 0. The van der Waals surface area contributed by atoms with Crippen LogP contribution in [0, 0.1) is 11.3 Å². The van der Waals surface area contributed by atoms with Crippen LogP contribution in [0.3, 0.4) is 0 Å². The number of ether oxygens (including phenoxy) is 1. The fourth-order valence-corrected chi connectivity index (χ4v) is 1.84. The monoisotopic (exact) mass is 278 g/mol. The first-order valence-corrected chi connectivity index (χ1v) is 6.30. The van der Waals surface area contributed by atoms with Gasteiger partial charge in [-0.15, -0.1) is 0 Å². The van der Waals surface area contributed by atoms with Crippen LogP contribution >= 0.6 is 0 Å². The molecular weight excluding hydrogens is 264 g/mol. The zero-order valence-corrected chi connectivity index (χ0v) is 11.5. The third-order valence-electron chi connectivity index (χ3n) is 2.98. The number of nitrogens with two attached hydrogens (primary N) is 1. The van der Waals surface area contributed by atoms with Crippen LogP contribution in [0.15, 0.2) is 48.5 Å². The van der Waals surface area contributed by atoms with Crippen LogP contribution in [0.4, 0.5) is 5.69 Å². The topological polar surface area (TPSA) is 76.1 Å². The number of rotatable bonds is 3. The van der Waals surface area contributed by atoms with Gasteiger partial charge in [0.15, 0.2) is 0 Å². The molecule has 0 aliphatic carbocycles. The second-order valence-electron chi connectivity index (χ2n) is 4.41. The molecule has 21 heavy (non-hydrogen) atoms. The second kappa shape index (κ2) is 6.40. The van der Waals surface area contributed by atoms with Crippen molar-refractivity contribution in [2.45, 2.75) is 0 Å². The molecule has 0 heterocycles. The lowest BCUT2D eigenvalue weighted by molar-refractivity contribution is 0.0601. The molecule has 0 unspecified atom stereocenters. The minimum Gasteiger partial charge on any atom is -0.465 e. The first-order chi connectivity index (χ1) is 10.1. The third-order valence-corrected chi connectivity index (χ3v) is 2.98. The van der Waals surface area contributed by atoms with E-state index in [-0.39, 0.29) is 5.97 Å². The Balaban J connectivity index is 2.30. The molecule has 2 aromatic rings. The summed E-state index contributed by atoms with van der Waals surface area (Å²) in [6.07, 6.45) is 1.76. The predicted molar refractivity (Wildman–Crippen MR) is 82.1 cm³/mol. The number of benzene rings is 2. The maximum Gasteiger partial charge on any atom is 0.337 e. The van der Waals surface area contributed by atoms with Gasteiger partial charge in [-0.05, 0) is 41.5 Å². The number of carbonyl (C=O) groups is 1. The molecule has 0 atom stereocenters. The van der Waals surface area contributed by atoms with Gasteiger partial charge in [-0.1, -0.05) is 24.3 Å². The molecule has 0 aromatic heterocycles. The lowest BCUT2D eigenvalue weighted by Crippen LogP contribution is -2.00. The fraction of sp³-hybridized carbons (Fsp3) is 0.0588. The van der Waals surface area contributed by atoms with Crippen molar-refractivity contribution in [3.8, 4) is 6.07 Å². The summed E-state index contributed by atoms with van der Waals surface area (Å²) in [5.41, 5.74) is 8.91. The van der Waals surface area contributed by atoms with E-state index in [4.69, 9.17) is 5.73 Å². The van der Waals surface area contributed by atoms with E-state index in [1.807, 2.05) is 0 Å². The zero-order chi connectivity index (χ0) is 15.2. The minimum atomic E-state index is -0.385. The molecule has 0 amide bonds. The molecule has 0 fully saturated rings. The largest absolute Gasteiger partial charge is 0.465 e. The smallest absolute Gasteiger partial charge is 0.337 e. The molecule has 0 aliphatic heterocycles. The maximum absolute atomic E-state index is 11.4. The third kappa shape index (κ3) is 3.48. The number of hydrogen-bond acceptors (Lipinski definition) is 4. The average Bonchev–Trinajstić information content (AvgIpc) is 2.53. The Bertz CT molecular complexity index is 708. The van der Waals surface area contributed by atoms with Crippen molar-refractivity contribution in [2.24, 2.45) is 0 Å². The molecule has 0 bridgehead atoms. The van der Waals surface area contributed by atoms with E-state index < -0.39 is 0 Å². The molecule has 0 saturated heterocycles. The van der Waals surface area contributed by atoms with Gasteiger partial charge in [-0.2, -0.15) is 5.26 Å². The molecule has 104 valence electrons. The molecule has 4 heteroatoms. The van der Waals surface area contributed by atoms with Gasteiger partial charge in [0.05, 0.1) is 24.3 Å². The van der Waals surface area contributed by atoms with Crippen molar-refractivity contribution < 1.29 is 9.53 Å². The summed E-state index contributed by atoms with van der Waals surface area (Å²) in [7, 11) is 1.34. The average molecular weight is 278 g/mol. The predicted octanol–water partition coefficient (Wildman–Crippen LogP) is 3.12. The number of nitrogen functional groups attached to an aromatic ring is 1. The summed E-state index contributed by atoms with van der Waals surface area (Å²) < 4.78 is 4.64. The van der Waals surface area contributed by atoms with Crippen LogP contribution in [0.2, 0.25) is 0 Å². The Morgan fingerprint density at radius 3 is 2.19 bits per heavy atom. The fourth-order valence-electron chi connectivity index (χ4n) is 1.84. The number of carbonyl (C=O) groups excluding carboxylic acids is 1. The summed E-state index contributed by atoms with van der Waals surface area (Å²) in [4.78, 5) is 11.4. The van der Waals surface area contributed by atoms with Gasteiger partial charge in [0.2, 0.25) is 0 Å². The summed E-state index contributed by atoms with van der Waals surface area (Å²) in [5, 5.41) is 9.27. The molecule has 0 saturated carbocycles. The first-order valence-electron chi connectivity index (χ1n) is 6.30. The summed E-state index contributed by atoms with van der Waals surface area (Å²) in [5.74, 6) is -0.385. The van der Waals surface area contributed by atoms with Gasteiger partial charge in [0, 0.05) is 5.69 Å². The number of anilines is 1. The SMILES string of the molecule is COC(=O)c1ccc(/C=C(\C#N)c2ccc(N)cc2)cc1. The van der Waals surface area contributed by atoms with Gasteiger partial charge in [0.1, 0.15) is 0 Å². The van der Waals surface area contributed by atoms with Crippen LogP contribution in [0.25, 0.3) is 11.6 Å². The highest BCUT2D eigenvalue weighted by molar-refractivity contribution is 5.92. The molecule has 0 spiro atoms. The number of nitriles is 1. The Kier molecular flexibility index (Phi) is 4.37. The van der Waals surface area contributed by atoms with Crippen molar-refractivity contribution in [2.75, 3.05) is 12.8 Å². The normalized spacial score (nSPS) is 10.8. The van der Waals surface area contributed by atoms with Crippen LogP contribution in [0.5, 0.6) is 0 Å². The van der Waals surface area contributed by atoms with Gasteiger partial charge >= 0.3 is 5.97 Å². The molecular formula is C17H14N2O2. The van der Waals surface area contributed by atoms with E-state index in [2.05, 4.69) is 10.8 Å². The standard InChI is InChI=1S/C17H14N2O2/c1-21-17(20)14-4-2-12(3-5-14)10-15(11-18)13-6-8-16(19)9-7-13/h2-10H,19H2,1H3/b15-10+. The zero-order valence-electron chi connectivity index (χ0n) is 11.5. The molecule has 2 rings (SSSR count). The van der Waals surface area contributed by atoms with Crippen molar-refractivity contribution >= 4 is 23.3 Å². The molecule has 2 N–H and O–H groups in total. The summed E-state index contributed by atoms with van der Waals surface area (Å²) in [6.45, 7) is 0. The number of hydrogen-bond donors (Lipinski definition) is 1. The number of methoxy groups -OCH3 is 1. The van der Waals surface area contributed by atoms with E-state index in [1.165, 1.54) is 7.11 Å². The minimum absolute atomic E-state index is 0.385. The highest BCUT2D eigenvalue weighted by atomic mass is 16.5. The summed E-state index contributed by atoms with van der Waals surface area (Å²) in [6, 6.07) is 16.1. The molecule has 0 radical (unpaired) electrons. The van der Waals surface area contributed by atoms with Crippen LogP contribution in [0.1, 0.15) is 21.5 Å². The Labute approximate surface area is 123 Å². The highest BCUT2D eigenvalue weighted by Gasteiger charge is 2.05. The lowest BCUT2D eigenvalue weighted by atomic mass is 10.0. The van der Waals surface area contributed by atoms with Crippen molar-refractivity contribution in [1.82, 2.24) is 0 Å². The highest BCUT2D eigenvalue weighted by Crippen LogP contribution is 2.19. The first kappa shape index (κ1) is 14.4. The van der Waals surface area contributed by atoms with Gasteiger partial charge in [-0.25, -0.2) is 4.79 Å². The van der Waals surface area contributed by atoms with Gasteiger partial charge in [-0.3, -0.25) is 0 Å². The van der Waals surface area contributed by atoms with E-state index in [0.717, 1.165) is 11.1 Å². The van der Waals surface area contributed by atoms with E-state index in [1.54, 1.807) is 54.6 Å². The molecule has 0 aliphatic rings. The Morgan fingerprint density at radius 1 is 1.10 bits per heavy atom. The van der Waals surface area contributed by atoms with Gasteiger partial charge < -0.3 is 10.5 Å². The van der Waals surface area contributed by atoms with E-state index >= 15 is 0 Å². The quantitative estimate of drug-likeness (QED) is 0.405. The van der Waals surface area contributed by atoms with E-state index in [0.29, 0.717) is 16.8 Å². The number of esters is 1. The van der Waals surface area contributed by atoms with Crippen molar-refractivity contribution in [1.29, 1.82) is 5.26 Å². The van der Waals surface area contributed by atoms with Gasteiger partial charge in [0.25, 0.3) is 0 Å². The Hall–Kier alpha value is -3.06. The van der Waals surface area contributed by atoms with Crippen molar-refractivity contribution in [3.63, 3.8) is 0 Å². The van der Waals surface area contributed by atoms with Crippen LogP contribution in [-0.4, -0.2) is 13.1 Å².